The molecule has 0 saturated heterocycles. The van der Waals surface area contributed by atoms with Gasteiger partial charge in [-0.25, -0.2) is 14.8 Å². The van der Waals surface area contributed by atoms with Crippen molar-refractivity contribution in [3.05, 3.63) is 77.6 Å². The van der Waals surface area contributed by atoms with Crippen LogP contribution in [0.15, 0.2) is 60.8 Å². The number of hydrogen-bond donors (Lipinski definition) is 4. The minimum atomic E-state index is -0.551. The Morgan fingerprint density at radius 2 is 1.75 bits per heavy atom. The molecule has 36 heavy (non-hydrogen) atoms. The molecule has 3 amide bonds. The Morgan fingerprint density at radius 3 is 2.50 bits per heavy atom. The number of benzene rings is 2. The van der Waals surface area contributed by atoms with Crippen molar-refractivity contribution in [2.75, 3.05) is 25.4 Å². The highest BCUT2D eigenvalue weighted by Gasteiger charge is 2.16. The molecule has 0 unspecified atom stereocenters. The van der Waals surface area contributed by atoms with E-state index in [1.54, 1.807) is 24.3 Å². The van der Waals surface area contributed by atoms with E-state index in [4.69, 9.17) is 10.5 Å². The minimum Gasteiger partial charge on any atom is -0.448 e. The predicted molar refractivity (Wildman–Crippen MR) is 136 cm³/mol. The molecule has 0 atom stereocenters. The Balaban J connectivity index is 1.60. The number of nitrogens with two attached hydrogens (primary N) is 1. The smallest absolute Gasteiger partial charge is 0.407 e. The summed E-state index contributed by atoms with van der Waals surface area (Å²) in [6, 6.07) is 16.5. The van der Waals surface area contributed by atoms with Crippen LogP contribution in [0.3, 0.4) is 0 Å². The fraction of sp³-hybridized carbons (Fsp3) is 0.269. The molecular weight excluding hydrogens is 460 g/mol. The van der Waals surface area contributed by atoms with Crippen molar-refractivity contribution < 1.29 is 19.1 Å². The molecule has 0 saturated carbocycles. The highest BCUT2D eigenvalue weighted by atomic mass is 16.5. The summed E-state index contributed by atoms with van der Waals surface area (Å²) in [6.45, 7) is 4.91. The van der Waals surface area contributed by atoms with E-state index in [-0.39, 0.29) is 30.6 Å². The van der Waals surface area contributed by atoms with Gasteiger partial charge < -0.3 is 26.4 Å². The molecule has 0 bridgehead atoms. The zero-order valence-electron chi connectivity index (χ0n) is 20.3. The molecule has 0 radical (unpaired) electrons. The third kappa shape index (κ3) is 7.79. The van der Waals surface area contributed by atoms with Crippen molar-refractivity contribution in [3.63, 3.8) is 0 Å². The first-order valence-corrected chi connectivity index (χ1v) is 11.6. The van der Waals surface area contributed by atoms with Crippen LogP contribution >= 0.6 is 0 Å². The molecule has 0 spiro atoms. The van der Waals surface area contributed by atoms with Crippen LogP contribution in [0.5, 0.6) is 0 Å². The SMILES string of the molecule is CC(C)CNC(=O)OCCNC(=O)c1nc(-c2cccc(C(=O)NCc3ccccc3)c2)cnc1N. The highest BCUT2D eigenvalue weighted by Crippen LogP contribution is 2.20. The van der Waals surface area contributed by atoms with Crippen LogP contribution in [-0.4, -0.2) is 47.6 Å². The van der Waals surface area contributed by atoms with Gasteiger partial charge in [-0.3, -0.25) is 9.59 Å². The zero-order valence-corrected chi connectivity index (χ0v) is 20.3. The number of carbonyl (C=O) groups excluding carboxylic acids is 3. The maximum atomic E-state index is 12.6. The summed E-state index contributed by atoms with van der Waals surface area (Å²) < 4.78 is 5.02. The van der Waals surface area contributed by atoms with Gasteiger partial charge in [-0.05, 0) is 23.6 Å². The highest BCUT2D eigenvalue weighted by molar-refractivity contribution is 5.97. The number of alkyl carbamates (subject to hydrolysis) is 1. The lowest BCUT2D eigenvalue weighted by Crippen LogP contribution is -2.33. The van der Waals surface area contributed by atoms with Gasteiger partial charge in [-0.2, -0.15) is 0 Å². The third-order valence-electron chi connectivity index (χ3n) is 5.01. The van der Waals surface area contributed by atoms with Crippen molar-refractivity contribution in [2.45, 2.75) is 20.4 Å². The lowest BCUT2D eigenvalue weighted by Gasteiger charge is -2.11. The number of rotatable bonds is 10. The van der Waals surface area contributed by atoms with Gasteiger partial charge in [-0.1, -0.05) is 56.3 Å². The molecule has 0 aliphatic carbocycles. The van der Waals surface area contributed by atoms with Crippen LogP contribution in [0.4, 0.5) is 10.6 Å². The van der Waals surface area contributed by atoms with E-state index < -0.39 is 12.0 Å². The van der Waals surface area contributed by atoms with Crippen molar-refractivity contribution in [1.29, 1.82) is 0 Å². The van der Waals surface area contributed by atoms with Gasteiger partial charge in [0, 0.05) is 24.2 Å². The van der Waals surface area contributed by atoms with Crippen molar-refractivity contribution in [1.82, 2.24) is 25.9 Å². The van der Waals surface area contributed by atoms with E-state index in [0.29, 0.717) is 35.8 Å². The maximum Gasteiger partial charge on any atom is 0.407 e. The number of anilines is 1. The van der Waals surface area contributed by atoms with E-state index in [1.165, 1.54) is 6.20 Å². The minimum absolute atomic E-state index is 0.0111. The van der Waals surface area contributed by atoms with Gasteiger partial charge in [0.25, 0.3) is 11.8 Å². The topological polar surface area (TPSA) is 148 Å². The normalized spacial score (nSPS) is 10.5. The van der Waals surface area contributed by atoms with Crippen LogP contribution in [0.25, 0.3) is 11.3 Å². The molecule has 188 valence electrons. The monoisotopic (exact) mass is 490 g/mol. The Bertz CT molecular complexity index is 1200. The second-order valence-corrected chi connectivity index (χ2v) is 8.40. The largest absolute Gasteiger partial charge is 0.448 e. The molecule has 10 nitrogen and oxygen atoms in total. The van der Waals surface area contributed by atoms with E-state index in [0.717, 1.165) is 5.56 Å². The van der Waals surface area contributed by atoms with Crippen LogP contribution in [0.1, 0.15) is 40.3 Å². The number of nitrogens with zero attached hydrogens (tertiary/aromatic N) is 2. The first kappa shape index (κ1) is 26.1. The number of amides is 3. The maximum absolute atomic E-state index is 12.6. The molecule has 1 aromatic heterocycles. The summed E-state index contributed by atoms with van der Waals surface area (Å²) in [5.41, 5.74) is 8.23. The standard InChI is InChI=1S/C26H30N6O4/c1-17(2)14-31-26(35)36-12-11-28-25(34)22-23(27)29-16-21(32-22)19-9-6-10-20(13-19)24(33)30-15-18-7-4-3-5-8-18/h3-10,13,16-17H,11-12,14-15H2,1-2H3,(H2,27,29)(H,28,34)(H,30,33)(H,31,35). The van der Waals surface area contributed by atoms with Gasteiger partial charge in [-0.15, -0.1) is 0 Å². The van der Waals surface area contributed by atoms with E-state index >= 15 is 0 Å². The van der Waals surface area contributed by atoms with Crippen molar-refractivity contribution in [3.8, 4) is 11.3 Å². The summed E-state index contributed by atoms with van der Waals surface area (Å²) in [4.78, 5) is 45.2. The van der Waals surface area contributed by atoms with Crippen LogP contribution < -0.4 is 21.7 Å². The van der Waals surface area contributed by atoms with E-state index in [2.05, 4.69) is 25.9 Å². The number of nitrogens with one attached hydrogen (secondary N) is 3. The summed E-state index contributed by atoms with van der Waals surface area (Å²) in [6.07, 6.45) is 0.891. The molecule has 0 aliphatic rings. The number of carbonyl (C=O) groups is 3. The molecule has 0 aliphatic heterocycles. The fourth-order valence-corrected chi connectivity index (χ4v) is 3.14. The first-order valence-electron chi connectivity index (χ1n) is 11.6. The Kier molecular flexibility index (Phi) is 9.33. The first-order chi connectivity index (χ1) is 17.3. The van der Waals surface area contributed by atoms with Crippen LogP contribution in [-0.2, 0) is 11.3 Å². The summed E-state index contributed by atoms with van der Waals surface area (Å²) in [7, 11) is 0. The van der Waals surface area contributed by atoms with Gasteiger partial charge >= 0.3 is 6.09 Å². The molecule has 0 fully saturated rings. The summed E-state index contributed by atoms with van der Waals surface area (Å²) in [5.74, 6) is -0.525. The van der Waals surface area contributed by atoms with Crippen LogP contribution in [0, 0.1) is 5.92 Å². The molecule has 3 rings (SSSR count). The fourth-order valence-electron chi connectivity index (χ4n) is 3.14. The van der Waals surface area contributed by atoms with E-state index in [1.807, 2.05) is 44.2 Å². The lowest BCUT2D eigenvalue weighted by atomic mass is 10.1. The second-order valence-electron chi connectivity index (χ2n) is 8.40. The van der Waals surface area contributed by atoms with Gasteiger partial charge in [0.15, 0.2) is 11.5 Å². The molecule has 2 aromatic carbocycles. The van der Waals surface area contributed by atoms with Gasteiger partial charge in [0.2, 0.25) is 0 Å². The number of ether oxygens (including phenoxy) is 1. The van der Waals surface area contributed by atoms with Crippen molar-refractivity contribution >= 4 is 23.7 Å². The van der Waals surface area contributed by atoms with Crippen molar-refractivity contribution in [2.24, 2.45) is 5.92 Å². The number of nitrogen functional groups attached to an aromatic ring is 1. The molecule has 3 aromatic rings. The third-order valence-corrected chi connectivity index (χ3v) is 5.01. The Hall–Kier alpha value is -4.47. The van der Waals surface area contributed by atoms with Gasteiger partial charge in [0.05, 0.1) is 18.4 Å². The summed E-state index contributed by atoms with van der Waals surface area (Å²) in [5, 5.41) is 8.11. The zero-order chi connectivity index (χ0) is 25.9. The average Bonchev–Trinajstić information content (AvgIpc) is 2.89. The number of hydrogen-bond acceptors (Lipinski definition) is 7. The summed E-state index contributed by atoms with van der Waals surface area (Å²) >= 11 is 0. The number of aromatic nitrogens is 2. The average molecular weight is 491 g/mol. The lowest BCUT2D eigenvalue weighted by molar-refractivity contribution is 0.0927. The molecule has 5 N–H and O–H groups in total. The molecule has 10 heteroatoms. The van der Waals surface area contributed by atoms with E-state index in [9.17, 15) is 14.4 Å². The Morgan fingerprint density at radius 1 is 0.972 bits per heavy atom. The van der Waals surface area contributed by atoms with Crippen LogP contribution in [0.2, 0.25) is 0 Å². The van der Waals surface area contributed by atoms with Gasteiger partial charge in [0.1, 0.15) is 6.61 Å². The molecular formula is C26H30N6O4. The second kappa shape index (κ2) is 12.8. The molecule has 1 heterocycles. The predicted octanol–water partition coefficient (Wildman–Crippen LogP) is 2.77. The Labute approximate surface area is 209 Å². The quantitative estimate of drug-likeness (QED) is 0.319.